The highest BCUT2D eigenvalue weighted by Gasteiger charge is 2.19. The molecule has 0 heterocycles. The average Bonchev–Trinajstić information content (AvgIpc) is 2.58. The lowest BCUT2D eigenvalue weighted by atomic mass is 10.1. The van der Waals surface area contributed by atoms with Crippen LogP contribution in [0.3, 0.4) is 0 Å². The third-order valence-electron chi connectivity index (χ3n) is 3.35. The molecule has 0 saturated heterocycles. The number of non-ortho nitro benzene ring substituents is 1. The van der Waals surface area contributed by atoms with Crippen LogP contribution < -0.4 is 0 Å². The second-order valence-electron chi connectivity index (χ2n) is 5.13. The summed E-state index contributed by atoms with van der Waals surface area (Å²) >= 11 is 0. The lowest BCUT2D eigenvalue weighted by molar-refractivity contribution is -0.385. The van der Waals surface area contributed by atoms with E-state index in [0.29, 0.717) is 6.07 Å². The topological polar surface area (TPSA) is 176 Å². The molecule has 2 aromatic rings. The molecule has 0 bridgehead atoms. The third-order valence-corrected chi connectivity index (χ3v) is 5.17. The number of nitro groups is 1. The van der Waals surface area contributed by atoms with E-state index in [-0.39, 0.29) is 16.7 Å². The van der Waals surface area contributed by atoms with Crippen LogP contribution in [-0.2, 0) is 20.2 Å². The molecule has 0 aromatic heterocycles. The van der Waals surface area contributed by atoms with Crippen molar-refractivity contribution >= 4 is 38.1 Å². The van der Waals surface area contributed by atoms with E-state index in [9.17, 15) is 36.1 Å². The van der Waals surface area contributed by atoms with Gasteiger partial charge < -0.3 is 0 Å². The Hall–Kier alpha value is -3.11. The van der Waals surface area contributed by atoms with Crippen LogP contribution in [0.5, 0.6) is 0 Å². The molecule has 27 heavy (non-hydrogen) atoms. The van der Waals surface area contributed by atoms with Crippen molar-refractivity contribution in [3.05, 3.63) is 63.2 Å². The first kappa shape index (κ1) is 20.2. The number of hydrogen-bond donors (Lipinski definition) is 2. The molecule has 0 fully saturated rings. The van der Waals surface area contributed by atoms with Crippen molar-refractivity contribution in [1.82, 2.24) is 0 Å². The van der Waals surface area contributed by atoms with Gasteiger partial charge >= 0.3 is 0 Å². The lowest BCUT2D eigenvalue weighted by Gasteiger charge is -2.05. The molecule has 10 nitrogen and oxygen atoms in total. The Morgan fingerprint density at radius 2 is 1.41 bits per heavy atom. The number of hydrogen-bond acceptors (Lipinski definition) is 7. The number of nitrogens with zero attached hydrogens (tertiary/aromatic N) is 2. The van der Waals surface area contributed by atoms with Crippen LogP contribution >= 0.6 is 0 Å². The van der Waals surface area contributed by atoms with E-state index in [0.717, 1.165) is 30.4 Å². The van der Waals surface area contributed by atoms with E-state index < -0.39 is 40.6 Å². The van der Waals surface area contributed by atoms with Crippen LogP contribution in [0.4, 0.5) is 5.69 Å². The standard InChI is InChI=1S/C15H10N2O8S2/c16-9-10-1-2-11(14(7-10)26(20,21)22)3-4-12-5-6-13(17(18)19)8-15(12)27(23,24)25/h1-8H,(H,20,21,22)(H,23,24,25)/b4-3+. The first-order valence-corrected chi connectivity index (χ1v) is 9.77. The van der Waals surface area contributed by atoms with Crippen LogP contribution in [0, 0.1) is 21.4 Å². The van der Waals surface area contributed by atoms with E-state index in [1.54, 1.807) is 6.07 Å². The van der Waals surface area contributed by atoms with Crippen molar-refractivity contribution in [3.63, 3.8) is 0 Å². The average molecular weight is 410 g/mol. The monoisotopic (exact) mass is 410 g/mol. The zero-order valence-corrected chi connectivity index (χ0v) is 14.8. The van der Waals surface area contributed by atoms with E-state index in [1.165, 1.54) is 12.1 Å². The SMILES string of the molecule is N#Cc1ccc(/C=C/c2ccc([N+](=O)[O-])cc2S(=O)(=O)O)c(S(=O)(=O)O)c1. The van der Waals surface area contributed by atoms with E-state index in [4.69, 9.17) is 5.26 Å². The van der Waals surface area contributed by atoms with E-state index in [1.807, 2.05) is 0 Å². The predicted molar refractivity (Wildman–Crippen MR) is 92.8 cm³/mol. The van der Waals surface area contributed by atoms with Gasteiger partial charge in [0.05, 0.1) is 16.6 Å². The molecule has 2 rings (SSSR count). The van der Waals surface area contributed by atoms with Crippen LogP contribution in [0.1, 0.15) is 16.7 Å². The Bertz CT molecular complexity index is 1210. The van der Waals surface area contributed by atoms with Gasteiger partial charge in [-0.1, -0.05) is 18.2 Å². The second-order valence-corrected chi connectivity index (χ2v) is 7.91. The third kappa shape index (κ3) is 4.74. The molecule has 2 aromatic carbocycles. The summed E-state index contributed by atoms with van der Waals surface area (Å²) in [5.41, 5.74) is -0.838. The van der Waals surface area contributed by atoms with Gasteiger partial charge in [0.25, 0.3) is 25.9 Å². The predicted octanol–water partition coefficient (Wildman–Crippen LogP) is 2.13. The van der Waals surface area contributed by atoms with Gasteiger partial charge in [-0.15, -0.1) is 0 Å². The van der Waals surface area contributed by atoms with Crippen molar-refractivity contribution in [2.24, 2.45) is 0 Å². The first-order valence-electron chi connectivity index (χ1n) is 6.89. The molecule has 0 saturated carbocycles. The molecule has 0 radical (unpaired) electrons. The van der Waals surface area contributed by atoms with Gasteiger partial charge in [-0.3, -0.25) is 19.2 Å². The Labute approximate surface area is 153 Å². The number of nitriles is 1. The van der Waals surface area contributed by atoms with Gasteiger partial charge in [-0.25, -0.2) is 0 Å². The maximum atomic E-state index is 11.5. The minimum absolute atomic E-state index is 0.0336. The molecule has 0 aliphatic heterocycles. The van der Waals surface area contributed by atoms with Crippen molar-refractivity contribution < 1.29 is 30.9 Å². The molecule has 12 heteroatoms. The zero-order chi connectivity index (χ0) is 20.4. The number of rotatable bonds is 5. The molecule has 2 N–H and O–H groups in total. The van der Waals surface area contributed by atoms with Gasteiger partial charge in [0.15, 0.2) is 0 Å². The van der Waals surface area contributed by atoms with Gasteiger partial charge in [-0.2, -0.15) is 22.1 Å². The summed E-state index contributed by atoms with van der Waals surface area (Å²) in [4.78, 5) is 8.58. The summed E-state index contributed by atoms with van der Waals surface area (Å²) in [6, 6.07) is 7.81. The van der Waals surface area contributed by atoms with Crippen LogP contribution in [0.25, 0.3) is 12.2 Å². The summed E-state index contributed by atoms with van der Waals surface area (Å²) in [6.07, 6.45) is 2.20. The molecule has 0 aliphatic carbocycles. The van der Waals surface area contributed by atoms with E-state index >= 15 is 0 Å². The highest BCUT2D eigenvalue weighted by Crippen LogP contribution is 2.25. The number of benzene rings is 2. The molecule has 0 spiro atoms. The Morgan fingerprint density at radius 1 is 0.926 bits per heavy atom. The van der Waals surface area contributed by atoms with E-state index in [2.05, 4.69) is 0 Å². The summed E-state index contributed by atoms with van der Waals surface area (Å²) in [7, 11) is -9.50. The lowest BCUT2D eigenvalue weighted by Crippen LogP contribution is -2.03. The zero-order valence-electron chi connectivity index (χ0n) is 13.2. The summed E-state index contributed by atoms with van der Waals surface area (Å²) in [6.45, 7) is 0. The van der Waals surface area contributed by atoms with Crippen LogP contribution in [-0.4, -0.2) is 30.9 Å². The van der Waals surface area contributed by atoms with Gasteiger partial charge in [-0.05, 0) is 29.3 Å². The highest BCUT2D eigenvalue weighted by atomic mass is 32.2. The second kappa shape index (κ2) is 7.25. The minimum atomic E-state index is -4.81. The normalized spacial score (nSPS) is 12.0. The number of nitro benzene ring substituents is 1. The maximum absolute atomic E-state index is 11.5. The van der Waals surface area contributed by atoms with Crippen LogP contribution in [0.2, 0.25) is 0 Å². The van der Waals surface area contributed by atoms with Crippen molar-refractivity contribution in [2.45, 2.75) is 9.79 Å². The van der Waals surface area contributed by atoms with Gasteiger partial charge in [0, 0.05) is 12.1 Å². The van der Waals surface area contributed by atoms with Gasteiger partial charge in [0.1, 0.15) is 9.79 Å². The molecular weight excluding hydrogens is 400 g/mol. The molecule has 0 amide bonds. The van der Waals surface area contributed by atoms with Crippen LogP contribution in [0.15, 0.2) is 46.2 Å². The molecule has 0 aliphatic rings. The Balaban J connectivity index is 2.63. The smallest absolute Gasteiger partial charge is 0.282 e. The van der Waals surface area contributed by atoms with Crippen molar-refractivity contribution in [1.29, 1.82) is 5.26 Å². The minimum Gasteiger partial charge on any atom is -0.282 e. The maximum Gasteiger partial charge on any atom is 0.295 e. The Kier molecular flexibility index (Phi) is 5.43. The fourth-order valence-corrected chi connectivity index (χ4v) is 3.56. The summed E-state index contributed by atoms with van der Waals surface area (Å²) < 4.78 is 64.5. The largest absolute Gasteiger partial charge is 0.295 e. The summed E-state index contributed by atoms with van der Waals surface area (Å²) in [5.74, 6) is 0. The molecule has 140 valence electrons. The fourth-order valence-electron chi connectivity index (χ4n) is 2.14. The van der Waals surface area contributed by atoms with Gasteiger partial charge in [0.2, 0.25) is 0 Å². The molecule has 0 atom stereocenters. The fraction of sp³-hybridized carbons (Fsp3) is 0. The van der Waals surface area contributed by atoms with Crippen molar-refractivity contribution in [3.8, 4) is 6.07 Å². The molecule has 0 unspecified atom stereocenters. The quantitative estimate of drug-likeness (QED) is 0.323. The first-order chi connectivity index (χ1) is 12.4. The van der Waals surface area contributed by atoms with Crippen molar-refractivity contribution in [2.75, 3.05) is 0 Å². The Morgan fingerprint density at radius 3 is 1.85 bits per heavy atom. The summed E-state index contributed by atoms with van der Waals surface area (Å²) in [5, 5.41) is 19.6. The molecular formula is C15H10N2O8S2. The highest BCUT2D eigenvalue weighted by molar-refractivity contribution is 7.86.